The van der Waals surface area contributed by atoms with E-state index in [0.717, 1.165) is 20.5 Å². The predicted molar refractivity (Wildman–Crippen MR) is 72.3 cm³/mol. The molecule has 0 fully saturated rings. The van der Waals surface area contributed by atoms with E-state index in [1.54, 1.807) is 11.3 Å². The third kappa shape index (κ3) is 2.74. The molecule has 1 atom stereocenters. The van der Waals surface area contributed by atoms with E-state index in [0.29, 0.717) is 0 Å². The Morgan fingerprint density at radius 3 is 2.71 bits per heavy atom. The summed E-state index contributed by atoms with van der Waals surface area (Å²) in [4.78, 5) is 1.04. The van der Waals surface area contributed by atoms with Crippen LogP contribution < -0.4 is 11.3 Å². The standard InChI is InChI=1S/C12H12BrFN2S/c1-7-4-8(6-9(14)5-7)11(16-15)12-10(13)2-3-17-12/h2-6,11,16H,15H2,1H3. The fraction of sp³-hybridized carbons (Fsp3) is 0.167. The summed E-state index contributed by atoms with van der Waals surface area (Å²) in [5, 5.41) is 1.97. The monoisotopic (exact) mass is 314 g/mol. The molecule has 0 aliphatic carbocycles. The van der Waals surface area contributed by atoms with Crippen LogP contribution in [0, 0.1) is 12.7 Å². The van der Waals surface area contributed by atoms with Crippen molar-refractivity contribution in [1.82, 2.24) is 5.43 Å². The van der Waals surface area contributed by atoms with Crippen LogP contribution in [0.25, 0.3) is 0 Å². The second kappa shape index (κ2) is 5.27. The van der Waals surface area contributed by atoms with Gasteiger partial charge in [-0.1, -0.05) is 6.07 Å². The molecule has 3 N–H and O–H groups in total. The quantitative estimate of drug-likeness (QED) is 0.672. The van der Waals surface area contributed by atoms with Gasteiger partial charge >= 0.3 is 0 Å². The van der Waals surface area contributed by atoms with Gasteiger partial charge in [0.15, 0.2) is 0 Å². The lowest BCUT2D eigenvalue weighted by Gasteiger charge is -2.16. The Hall–Kier alpha value is -0.750. The third-order valence-electron chi connectivity index (χ3n) is 2.47. The third-order valence-corrected chi connectivity index (χ3v) is 4.41. The first-order chi connectivity index (χ1) is 8.11. The molecule has 0 saturated heterocycles. The van der Waals surface area contributed by atoms with E-state index >= 15 is 0 Å². The Balaban J connectivity index is 2.45. The van der Waals surface area contributed by atoms with Crippen LogP contribution >= 0.6 is 27.3 Å². The summed E-state index contributed by atoms with van der Waals surface area (Å²) in [6.07, 6.45) is 0. The van der Waals surface area contributed by atoms with Gasteiger partial charge in [0, 0.05) is 9.35 Å². The molecule has 1 heterocycles. The molecule has 2 nitrogen and oxygen atoms in total. The first-order valence-corrected chi connectivity index (χ1v) is 6.75. The van der Waals surface area contributed by atoms with Gasteiger partial charge in [-0.25, -0.2) is 9.82 Å². The molecule has 1 aromatic heterocycles. The number of thiophene rings is 1. The molecule has 0 spiro atoms. The van der Waals surface area contributed by atoms with E-state index in [1.165, 1.54) is 12.1 Å². The topological polar surface area (TPSA) is 38.0 Å². The number of nitrogens with one attached hydrogen (secondary N) is 1. The molecule has 0 bridgehead atoms. The molecule has 90 valence electrons. The fourth-order valence-corrected chi connectivity index (χ4v) is 3.45. The summed E-state index contributed by atoms with van der Waals surface area (Å²) in [6, 6.07) is 6.69. The van der Waals surface area contributed by atoms with Crippen molar-refractivity contribution in [3.8, 4) is 0 Å². The molecule has 0 saturated carbocycles. The molecule has 0 aliphatic heterocycles. The number of halogens is 2. The zero-order valence-corrected chi connectivity index (χ0v) is 11.6. The first kappa shape index (κ1) is 12.7. The smallest absolute Gasteiger partial charge is 0.123 e. The second-order valence-electron chi connectivity index (χ2n) is 3.79. The fourth-order valence-electron chi connectivity index (χ4n) is 1.77. The van der Waals surface area contributed by atoms with E-state index in [9.17, 15) is 4.39 Å². The highest BCUT2D eigenvalue weighted by Crippen LogP contribution is 2.33. The van der Waals surface area contributed by atoms with Crippen LogP contribution in [0.3, 0.4) is 0 Å². The first-order valence-electron chi connectivity index (χ1n) is 5.08. The van der Waals surface area contributed by atoms with Gasteiger partial charge in [-0.3, -0.25) is 5.84 Å². The number of hydrogen-bond acceptors (Lipinski definition) is 3. The SMILES string of the molecule is Cc1cc(F)cc(C(NN)c2sccc2Br)c1. The van der Waals surface area contributed by atoms with Crippen LogP contribution in [0.15, 0.2) is 34.1 Å². The van der Waals surface area contributed by atoms with Gasteiger partial charge in [0.25, 0.3) is 0 Å². The van der Waals surface area contributed by atoms with Crippen molar-refractivity contribution in [2.45, 2.75) is 13.0 Å². The zero-order valence-electron chi connectivity index (χ0n) is 9.21. The normalized spacial score (nSPS) is 12.7. The number of hydrazine groups is 1. The Labute approximate surface area is 112 Å². The minimum Gasteiger partial charge on any atom is -0.271 e. The Kier molecular flexibility index (Phi) is 3.93. The lowest BCUT2D eigenvalue weighted by atomic mass is 10.0. The van der Waals surface area contributed by atoms with Gasteiger partial charge in [-0.05, 0) is 57.6 Å². The average molecular weight is 315 g/mol. The Bertz CT molecular complexity index is 507. The van der Waals surface area contributed by atoms with Crippen molar-refractivity contribution in [3.05, 3.63) is 55.9 Å². The highest BCUT2D eigenvalue weighted by atomic mass is 79.9. The average Bonchev–Trinajstić information content (AvgIpc) is 2.65. The van der Waals surface area contributed by atoms with E-state index < -0.39 is 0 Å². The summed E-state index contributed by atoms with van der Waals surface area (Å²) in [5.74, 6) is 5.34. The molecular formula is C12H12BrFN2S. The number of hydrogen-bond donors (Lipinski definition) is 2. The highest BCUT2D eigenvalue weighted by Gasteiger charge is 2.17. The lowest BCUT2D eigenvalue weighted by molar-refractivity contribution is 0.606. The Morgan fingerprint density at radius 1 is 1.41 bits per heavy atom. The number of benzene rings is 1. The van der Waals surface area contributed by atoms with E-state index in [-0.39, 0.29) is 11.9 Å². The summed E-state index contributed by atoms with van der Waals surface area (Å²) in [5.41, 5.74) is 4.44. The molecule has 0 aliphatic rings. The second-order valence-corrected chi connectivity index (χ2v) is 5.60. The van der Waals surface area contributed by atoms with E-state index in [2.05, 4.69) is 21.4 Å². The summed E-state index contributed by atoms with van der Waals surface area (Å²) in [7, 11) is 0. The van der Waals surface area contributed by atoms with Gasteiger partial charge in [0.05, 0.1) is 6.04 Å². The maximum atomic E-state index is 13.4. The highest BCUT2D eigenvalue weighted by molar-refractivity contribution is 9.10. The molecule has 5 heteroatoms. The maximum Gasteiger partial charge on any atom is 0.123 e. The maximum absolute atomic E-state index is 13.4. The van der Waals surface area contributed by atoms with Crippen LogP contribution in [0.1, 0.15) is 22.0 Å². The van der Waals surface area contributed by atoms with Crippen molar-refractivity contribution in [3.63, 3.8) is 0 Å². The summed E-state index contributed by atoms with van der Waals surface area (Å²) in [6.45, 7) is 1.86. The van der Waals surface area contributed by atoms with Gasteiger partial charge < -0.3 is 0 Å². The molecule has 17 heavy (non-hydrogen) atoms. The van der Waals surface area contributed by atoms with Gasteiger partial charge in [0.2, 0.25) is 0 Å². The zero-order chi connectivity index (χ0) is 12.4. The van der Waals surface area contributed by atoms with Crippen LogP contribution in [-0.2, 0) is 0 Å². The molecule has 0 amide bonds. The summed E-state index contributed by atoms with van der Waals surface area (Å²) >= 11 is 5.04. The number of rotatable bonds is 3. The molecule has 2 aromatic rings. The van der Waals surface area contributed by atoms with Crippen molar-refractivity contribution < 1.29 is 4.39 Å². The van der Waals surface area contributed by atoms with Crippen molar-refractivity contribution in [2.24, 2.45) is 5.84 Å². The molecule has 1 unspecified atom stereocenters. The van der Waals surface area contributed by atoms with Gasteiger partial charge in [0.1, 0.15) is 5.82 Å². The number of aryl methyl sites for hydroxylation is 1. The molecular weight excluding hydrogens is 303 g/mol. The van der Waals surface area contributed by atoms with Crippen molar-refractivity contribution in [1.29, 1.82) is 0 Å². The van der Waals surface area contributed by atoms with E-state index in [4.69, 9.17) is 5.84 Å². The van der Waals surface area contributed by atoms with Crippen LogP contribution in [0.4, 0.5) is 4.39 Å². The molecule has 0 radical (unpaired) electrons. The minimum absolute atomic E-state index is 0.196. The van der Waals surface area contributed by atoms with E-state index in [1.807, 2.05) is 24.4 Å². The van der Waals surface area contributed by atoms with Crippen LogP contribution in [0.5, 0.6) is 0 Å². The number of nitrogens with two attached hydrogens (primary N) is 1. The largest absolute Gasteiger partial charge is 0.271 e. The van der Waals surface area contributed by atoms with Crippen molar-refractivity contribution in [2.75, 3.05) is 0 Å². The summed E-state index contributed by atoms with van der Waals surface area (Å²) < 4.78 is 14.4. The van der Waals surface area contributed by atoms with Gasteiger partial charge in [-0.15, -0.1) is 11.3 Å². The minimum atomic E-state index is -0.243. The molecule has 2 rings (SSSR count). The van der Waals surface area contributed by atoms with Crippen LogP contribution in [-0.4, -0.2) is 0 Å². The predicted octanol–water partition coefficient (Wildman–Crippen LogP) is 3.51. The van der Waals surface area contributed by atoms with Crippen molar-refractivity contribution >= 4 is 27.3 Å². The van der Waals surface area contributed by atoms with Crippen LogP contribution in [0.2, 0.25) is 0 Å². The van der Waals surface area contributed by atoms with Gasteiger partial charge in [-0.2, -0.15) is 0 Å². The lowest BCUT2D eigenvalue weighted by Crippen LogP contribution is -2.28. The molecule has 1 aromatic carbocycles. The Morgan fingerprint density at radius 2 is 2.18 bits per heavy atom.